The Morgan fingerprint density at radius 2 is 1.84 bits per heavy atom. The Hall–Kier alpha value is -4.14. The fourth-order valence-electron chi connectivity index (χ4n) is 2.99. The van der Waals surface area contributed by atoms with Crippen LogP contribution in [0.2, 0.25) is 0 Å². The molecule has 0 fully saturated rings. The number of pyridine rings is 1. The molecule has 32 heavy (non-hydrogen) atoms. The SMILES string of the molecule is COc1cccc2cc(C(=O)Nc3ccccn3)c(=Nc3ccc(C(F)(F)F)cc3)oc12. The topological polar surface area (TPSA) is 76.7 Å². The second kappa shape index (κ2) is 8.54. The fraction of sp³-hybridized carbons (Fsp3) is 0.0870. The van der Waals surface area contributed by atoms with Gasteiger partial charge in [0.2, 0.25) is 5.55 Å². The van der Waals surface area contributed by atoms with Gasteiger partial charge in [0.1, 0.15) is 11.4 Å². The first-order valence-corrected chi connectivity index (χ1v) is 9.40. The predicted octanol–water partition coefficient (Wildman–Crippen LogP) is 5.34. The molecule has 9 heteroatoms. The molecule has 0 aliphatic rings. The number of halogens is 3. The summed E-state index contributed by atoms with van der Waals surface area (Å²) in [7, 11) is 1.47. The third kappa shape index (κ3) is 4.46. The van der Waals surface area contributed by atoms with Crippen molar-refractivity contribution in [2.24, 2.45) is 4.99 Å². The molecule has 4 aromatic rings. The van der Waals surface area contributed by atoms with E-state index in [-0.39, 0.29) is 16.8 Å². The normalized spacial score (nSPS) is 12.1. The first-order valence-electron chi connectivity index (χ1n) is 9.40. The summed E-state index contributed by atoms with van der Waals surface area (Å²) in [6.45, 7) is 0. The molecule has 0 saturated heterocycles. The summed E-state index contributed by atoms with van der Waals surface area (Å²) in [5.74, 6) is 0.203. The number of para-hydroxylation sites is 1. The summed E-state index contributed by atoms with van der Waals surface area (Å²) in [4.78, 5) is 21.3. The number of carbonyl (C=O) groups excluding carboxylic acids is 1. The maximum absolute atomic E-state index is 13.0. The van der Waals surface area contributed by atoms with Crippen molar-refractivity contribution in [3.63, 3.8) is 0 Å². The number of amides is 1. The number of ether oxygens (including phenoxy) is 1. The first kappa shape index (κ1) is 21.1. The number of nitrogens with zero attached hydrogens (tertiary/aromatic N) is 2. The maximum Gasteiger partial charge on any atom is 0.416 e. The fourth-order valence-corrected chi connectivity index (χ4v) is 2.99. The summed E-state index contributed by atoms with van der Waals surface area (Å²) < 4.78 is 49.8. The summed E-state index contributed by atoms with van der Waals surface area (Å²) in [5, 5.41) is 3.24. The van der Waals surface area contributed by atoms with Gasteiger partial charge in [0, 0.05) is 11.6 Å². The predicted molar refractivity (Wildman–Crippen MR) is 112 cm³/mol. The number of hydrogen-bond donors (Lipinski definition) is 1. The standard InChI is InChI=1S/C23H16F3N3O3/c1-31-18-6-4-5-14-13-17(21(30)29-19-7-2-3-12-27-19)22(32-20(14)18)28-16-10-8-15(9-11-16)23(24,25)26/h2-13H,1H3,(H,27,29,30). The second-order valence-electron chi connectivity index (χ2n) is 6.67. The monoisotopic (exact) mass is 439 g/mol. The van der Waals surface area contributed by atoms with Crippen molar-refractivity contribution in [1.82, 2.24) is 4.98 Å². The lowest BCUT2D eigenvalue weighted by Crippen LogP contribution is -2.22. The largest absolute Gasteiger partial charge is 0.493 e. The average Bonchev–Trinajstić information content (AvgIpc) is 2.78. The van der Waals surface area contributed by atoms with Crippen LogP contribution in [0.1, 0.15) is 15.9 Å². The minimum atomic E-state index is -4.47. The number of fused-ring (bicyclic) bond motifs is 1. The van der Waals surface area contributed by atoms with Gasteiger partial charge < -0.3 is 14.5 Å². The van der Waals surface area contributed by atoms with Crippen molar-refractivity contribution < 1.29 is 27.1 Å². The van der Waals surface area contributed by atoms with E-state index in [1.54, 1.807) is 42.5 Å². The molecule has 1 N–H and O–H groups in total. The molecule has 0 aliphatic heterocycles. The molecule has 2 aromatic carbocycles. The van der Waals surface area contributed by atoms with E-state index >= 15 is 0 Å². The van der Waals surface area contributed by atoms with Crippen molar-refractivity contribution in [2.45, 2.75) is 6.18 Å². The van der Waals surface area contributed by atoms with Gasteiger partial charge in [-0.05, 0) is 48.5 Å². The van der Waals surface area contributed by atoms with Gasteiger partial charge in [-0.1, -0.05) is 18.2 Å². The van der Waals surface area contributed by atoms with E-state index in [0.29, 0.717) is 22.5 Å². The van der Waals surface area contributed by atoms with Crippen molar-refractivity contribution >= 4 is 28.4 Å². The van der Waals surface area contributed by atoms with Gasteiger partial charge in [-0.15, -0.1) is 0 Å². The number of benzene rings is 2. The van der Waals surface area contributed by atoms with Crippen LogP contribution in [0.25, 0.3) is 11.0 Å². The second-order valence-corrected chi connectivity index (χ2v) is 6.67. The van der Waals surface area contributed by atoms with Gasteiger partial charge in [-0.3, -0.25) is 4.79 Å². The van der Waals surface area contributed by atoms with E-state index in [1.807, 2.05) is 0 Å². The van der Waals surface area contributed by atoms with Crippen LogP contribution in [0.3, 0.4) is 0 Å². The molecule has 6 nitrogen and oxygen atoms in total. The van der Waals surface area contributed by atoms with Crippen LogP contribution in [0.15, 0.2) is 82.3 Å². The highest BCUT2D eigenvalue weighted by atomic mass is 19.4. The minimum Gasteiger partial charge on any atom is -0.493 e. The quantitative estimate of drug-likeness (QED) is 0.466. The highest BCUT2D eigenvalue weighted by molar-refractivity contribution is 6.05. The number of carbonyl (C=O) groups is 1. The Kier molecular flexibility index (Phi) is 5.63. The number of nitrogens with one attached hydrogen (secondary N) is 1. The molecule has 0 bridgehead atoms. The minimum absolute atomic E-state index is 0.0799. The van der Waals surface area contributed by atoms with Gasteiger partial charge in [-0.2, -0.15) is 13.2 Å². The van der Waals surface area contributed by atoms with Gasteiger partial charge in [0.05, 0.1) is 18.4 Å². The molecule has 4 rings (SSSR count). The Morgan fingerprint density at radius 1 is 1.06 bits per heavy atom. The highest BCUT2D eigenvalue weighted by Gasteiger charge is 2.30. The maximum atomic E-state index is 13.0. The van der Waals surface area contributed by atoms with Crippen molar-refractivity contribution in [2.75, 3.05) is 12.4 Å². The Balaban J connectivity index is 1.85. The number of hydrogen-bond acceptors (Lipinski definition) is 5. The Bertz CT molecular complexity index is 1330. The summed E-state index contributed by atoms with van der Waals surface area (Å²) in [6, 6.07) is 16.0. The lowest BCUT2D eigenvalue weighted by molar-refractivity contribution is -0.137. The van der Waals surface area contributed by atoms with Crippen LogP contribution >= 0.6 is 0 Å². The molecule has 0 unspecified atom stereocenters. The van der Waals surface area contributed by atoms with Gasteiger partial charge in [0.15, 0.2) is 11.3 Å². The highest BCUT2D eigenvalue weighted by Crippen LogP contribution is 2.30. The molecule has 0 aliphatic carbocycles. The third-order valence-electron chi connectivity index (χ3n) is 4.53. The smallest absolute Gasteiger partial charge is 0.416 e. The van der Waals surface area contributed by atoms with Crippen LogP contribution in [-0.2, 0) is 6.18 Å². The van der Waals surface area contributed by atoms with E-state index in [1.165, 1.54) is 25.4 Å². The molecular weight excluding hydrogens is 423 g/mol. The van der Waals surface area contributed by atoms with E-state index < -0.39 is 17.6 Å². The average molecular weight is 439 g/mol. The summed E-state index contributed by atoms with van der Waals surface area (Å²) in [6.07, 6.45) is -2.94. The molecule has 1 amide bonds. The van der Waals surface area contributed by atoms with Crippen molar-refractivity contribution in [3.05, 3.63) is 89.6 Å². The zero-order chi connectivity index (χ0) is 22.7. The summed E-state index contributed by atoms with van der Waals surface area (Å²) in [5.41, 5.74) is -0.286. The van der Waals surface area contributed by atoms with Crippen LogP contribution in [0.4, 0.5) is 24.7 Å². The lowest BCUT2D eigenvalue weighted by atomic mass is 10.1. The van der Waals surface area contributed by atoms with Crippen molar-refractivity contribution in [1.29, 1.82) is 0 Å². The van der Waals surface area contributed by atoms with Crippen LogP contribution in [0.5, 0.6) is 5.75 Å². The number of anilines is 1. The molecular formula is C23H16F3N3O3. The van der Waals surface area contributed by atoms with Gasteiger partial charge in [0.25, 0.3) is 5.91 Å². The number of methoxy groups -OCH3 is 1. The molecule has 2 aromatic heterocycles. The number of aromatic nitrogens is 1. The van der Waals surface area contributed by atoms with E-state index in [2.05, 4.69) is 15.3 Å². The van der Waals surface area contributed by atoms with Crippen molar-refractivity contribution in [3.8, 4) is 5.75 Å². The number of alkyl halides is 3. The van der Waals surface area contributed by atoms with E-state index in [9.17, 15) is 18.0 Å². The zero-order valence-corrected chi connectivity index (χ0v) is 16.7. The van der Waals surface area contributed by atoms with Gasteiger partial charge in [-0.25, -0.2) is 9.98 Å². The first-order chi connectivity index (χ1) is 15.3. The number of rotatable bonds is 4. The molecule has 162 valence electrons. The zero-order valence-electron chi connectivity index (χ0n) is 16.7. The van der Waals surface area contributed by atoms with E-state index in [4.69, 9.17) is 9.15 Å². The Morgan fingerprint density at radius 3 is 2.50 bits per heavy atom. The molecule has 0 spiro atoms. The van der Waals surface area contributed by atoms with E-state index in [0.717, 1.165) is 12.1 Å². The molecule has 0 radical (unpaired) electrons. The lowest BCUT2D eigenvalue weighted by Gasteiger charge is -2.09. The molecule has 0 atom stereocenters. The Labute approximate surface area is 180 Å². The van der Waals surface area contributed by atoms with Gasteiger partial charge >= 0.3 is 6.18 Å². The van der Waals surface area contributed by atoms with Crippen LogP contribution in [0, 0.1) is 0 Å². The summed E-state index contributed by atoms with van der Waals surface area (Å²) >= 11 is 0. The van der Waals surface area contributed by atoms with Crippen LogP contribution in [-0.4, -0.2) is 18.0 Å². The molecule has 2 heterocycles. The third-order valence-corrected chi connectivity index (χ3v) is 4.53. The van der Waals surface area contributed by atoms with Crippen LogP contribution < -0.4 is 15.6 Å². The molecule has 0 saturated carbocycles.